The predicted molar refractivity (Wildman–Crippen MR) is 68.9 cm³/mol. The van der Waals surface area contributed by atoms with E-state index in [2.05, 4.69) is 29.0 Å². The molecular formula is C12H20N2OS. The molecule has 0 spiro atoms. The van der Waals surface area contributed by atoms with Gasteiger partial charge in [-0.25, -0.2) is 0 Å². The van der Waals surface area contributed by atoms with Crippen LogP contribution in [0.5, 0.6) is 0 Å². The van der Waals surface area contributed by atoms with Crippen molar-refractivity contribution >= 4 is 17.2 Å². The highest BCUT2D eigenvalue weighted by atomic mass is 32.1. The summed E-state index contributed by atoms with van der Waals surface area (Å²) in [5.41, 5.74) is 1.37. The summed E-state index contributed by atoms with van der Waals surface area (Å²) in [6.07, 6.45) is 1.58. The van der Waals surface area contributed by atoms with Gasteiger partial charge in [0.25, 0.3) is 0 Å². The van der Waals surface area contributed by atoms with E-state index in [0.717, 1.165) is 13.0 Å². The van der Waals surface area contributed by atoms with Crippen LogP contribution in [0.2, 0.25) is 0 Å². The van der Waals surface area contributed by atoms with Crippen molar-refractivity contribution in [3.63, 3.8) is 0 Å². The van der Waals surface area contributed by atoms with Crippen LogP contribution in [0.25, 0.3) is 0 Å². The fraction of sp³-hybridized carbons (Fsp3) is 0.583. The first-order chi connectivity index (χ1) is 7.63. The largest absolute Gasteiger partial charge is 0.359 e. The zero-order valence-electron chi connectivity index (χ0n) is 10.2. The minimum absolute atomic E-state index is 0.0901. The zero-order valence-corrected chi connectivity index (χ0v) is 11.0. The van der Waals surface area contributed by atoms with Crippen LogP contribution in [-0.2, 0) is 11.2 Å². The highest BCUT2D eigenvalue weighted by Gasteiger charge is 2.07. The van der Waals surface area contributed by atoms with E-state index in [1.807, 2.05) is 6.92 Å². The van der Waals surface area contributed by atoms with Crippen molar-refractivity contribution in [2.75, 3.05) is 13.6 Å². The van der Waals surface area contributed by atoms with Gasteiger partial charge in [0.15, 0.2) is 0 Å². The zero-order chi connectivity index (χ0) is 12.0. The summed E-state index contributed by atoms with van der Waals surface area (Å²) in [5, 5.41) is 8.11. The second kappa shape index (κ2) is 6.66. The molecule has 1 atom stereocenters. The maximum Gasteiger partial charge on any atom is 0.221 e. The summed E-state index contributed by atoms with van der Waals surface area (Å²) < 4.78 is 0. The van der Waals surface area contributed by atoms with Crippen LogP contribution in [0.3, 0.4) is 0 Å². The molecule has 1 heterocycles. The topological polar surface area (TPSA) is 41.1 Å². The van der Waals surface area contributed by atoms with Crippen LogP contribution >= 0.6 is 11.3 Å². The number of hydrogen-bond acceptors (Lipinski definition) is 3. The maximum atomic E-state index is 11.1. The normalized spacial score (nSPS) is 12.4. The number of rotatable bonds is 6. The molecule has 0 saturated carbocycles. The fourth-order valence-corrected chi connectivity index (χ4v) is 2.45. The molecule has 1 unspecified atom stereocenters. The molecule has 1 aromatic heterocycles. The van der Waals surface area contributed by atoms with E-state index >= 15 is 0 Å². The monoisotopic (exact) mass is 240 g/mol. The van der Waals surface area contributed by atoms with Crippen LogP contribution in [0.15, 0.2) is 11.4 Å². The van der Waals surface area contributed by atoms with Crippen molar-refractivity contribution in [2.24, 2.45) is 0 Å². The first-order valence-corrected chi connectivity index (χ1v) is 6.48. The Morgan fingerprint density at radius 3 is 2.88 bits per heavy atom. The number of carbonyl (C=O) groups excluding carboxylic acids is 1. The van der Waals surface area contributed by atoms with Crippen molar-refractivity contribution in [2.45, 2.75) is 32.7 Å². The van der Waals surface area contributed by atoms with Crippen LogP contribution in [0, 0.1) is 6.92 Å². The van der Waals surface area contributed by atoms with Gasteiger partial charge in [-0.2, -0.15) is 0 Å². The lowest BCUT2D eigenvalue weighted by atomic mass is 10.2. The fourth-order valence-electron chi connectivity index (χ4n) is 1.54. The van der Waals surface area contributed by atoms with E-state index in [1.54, 1.807) is 18.4 Å². The second-order valence-electron chi connectivity index (χ2n) is 4.01. The lowest BCUT2D eigenvalue weighted by molar-refractivity contribution is -0.121. The molecule has 0 aliphatic rings. The SMILES string of the molecule is CNC(=O)CC(C)NCCc1sccc1C. The van der Waals surface area contributed by atoms with E-state index < -0.39 is 0 Å². The molecule has 0 saturated heterocycles. The van der Waals surface area contributed by atoms with Gasteiger partial charge in [0.1, 0.15) is 0 Å². The molecule has 16 heavy (non-hydrogen) atoms. The molecule has 1 amide bonds. The molecule has 1 aromatic rings. The van der Waals surface area contributed by atoms with Crippen LogP contribution in [0.4, 0.5) is 0 Å². The molecule has 2 N–H and O–H groups in total. The average Bonchev–Trinajstić information content (AvgIpc) is 2.64. The summed E-state index contributed by atoms with van der Waals surface area (Å²) in [6.45, 7) is 5.11. The first kappa shape index (κ1) is 13.2. The standard InChI is InChI=1S/C12H20N2OS/c1-9-5-7-16-11(9)4-6-14-10(2)8-12(15)13-3/h5,7,10,14H,4,6,8H2,1-3H3,(H,13,15). The third-order valence-electron chi connectivity index (χ3n) is 2.58. The quantitative estimate of drug-likeness (QED) is 0.795. The van der Waals surface area contributed by atoms with Gasteiger partial charge in [-0.1, -0.05) is 0 Å². The highest BCUT2D eigenvalue weighted by Crippen LogP contribution is 2.15. The molecule has 0 aliphatic carbocycles. The molecule has 3 nitrogen and oxygen atoms in total. The lowest BCUT2D eigenvalue weighted by Gasteiger charge is -2.12. The van der Waals surface area contributed by atoms with Crippen molar-refractivity contribution in [1.29, 1.82) is 0 Å². The number of amides is 1. The Labute approximate surface area is 101 Å². The van der Waals surface area contributed by atoms with Gasteiger partial charge in [-0.3, -0.25) is 4.79 Å². The minimum Gasteiger partial charge on any atom is -0.359 e. The van der Waals surface area contributed by atoms with E-state index in [1.165, 1.54) is 10.4 Å². The van der Waals surface area contributed by atoms with E-state index in [4.69, 9.17) is 0 Å². The number of thiophene rings is 1. The molecule has 0 aliphatic heterocycles. The average molecular weight is 240 g/mol. The van der Waals surface area contributed by atoms with Crippen LogP contribution < -0.4 is 10.6 Å². The van der Waals surface area contributed by atoms with Gasteiger partial charge in [0.05, 0.1) is 0 Å². The Hall–Kier alpha value is -0.870. The Morgan fingerprint density at radius 2 is 2.31 bits per heavy atom. The van der Waals surface area contributed by atoms with E-state index in [0.29, 0.717) is 6.42 Å². The second-order valence-corrected chi connectivity index (χ2v) is 5.01. The van der Waals surface area contributed by atoms with Crippen molar-refractivity contribution < 1.29 is 4.79 Å². The van der Waals surface area contributed by atoms with Crippen LogP contribution in [0.1, 0.15) is 23.8 Å². The van der Waals surface area contributed by atoms with Gasteiger partial charge in [-0.05, 0) is 37.3 Å². The summed E-state index contributed by atoms with van der Waals surface area (Å²) >= 11 is 1.80. The molecule has 0 bridgehead atoms. The molecule has 90 valence electrons. The first-order valence-electron chi connectivity index (χ1n) is 5.60. The Balaban J connectivity index is 2.20. The van der Waals surface area contributed by atoms with Gasteiger partial charge in [0.2, 0.25) is 5.91 Å². The number of hydrogen-bond donors (Lipinski definition) is 2. The molecule has 1 rings (SSSR count). The van der Waals surface area contributed by atoms with E-state index in [9.17, 15) is 4.79 Å². The smallest absolute Gasteiger partial charge is 0.221 e. The molecule has 0 aromatic carbocycles. The number of aryl methyl sites for hydroxylation is 1. The summed E-state index contributed by atoms with van der Waals surface area (Å²) in [6, 6.07) is 2.38. The van der Waals surface area contributed by atoms with Gasteiger partial charge in [0, 0.05) is 30.9 Å². The van der Waals surface area contributed by atoms with Gasteiger partial charge in [-0.15, -0.1) is 11.3 Å². The molecule has 0 fully saturated rings. The summed E-state index contributed by atoms with van der Waals surface area (Å²) in [5.74, 6) is 0.0901. The summed E-state index contributed by atoms with van der Waals surface area (Å²) in [4.78, 5) is 12.5. The molecule has 0 radical (unpaired) electrons. The maximum absolute atomic E-state index is 11.1. The Morgan fingerprint density at radius 1 is 1.56 bits per heavy atom. The Bertz CT molecular complexity index is 336. The highest BCUT2D eigenvalue weighted by molar-refractivity contribution is 7.10. The minimum atomic E-state index is 0.0901. The summed E-state index contributed by atoms with van der Waals surface area (Å²) in [7, 11) is 1.67. The van der Waals surface area contributed by atoms with Crippen LogP contribution in [-0.4, -0.2) is 25.5 Å². The number of nitrogens with one attached hydrogen (secondary N) is 2. The van der Waals surface area contributed by atoms with E-state index in [-0.39, 0.29) is 11.9 Å². The predicted octanol–water partition coefficient (Wildman–Crippen LogP) is 1.71. The van der Waals surface area contributed by atoms with Crippen molar-refractivity contribution in [3.8, 4) is 0 Å². The third-order valence-corrected chi connectivity index (χ3v) is 3.67. The third kappa shape index (κ3) is 4.33. The number of carbonyl (C=O) groups is 1. The lowest BCUT2D eigenvalue weighted by Crippen LogP contribution is -2.33. The molecule has 4 heteroatoms. The van der Waals surface area contributed by atoms with Crippen molar-refractivity contribution in [3.05, 3.63) is 21.9 Å². The Kier molecular flexibility index (Phi) is 5.49. The van der Waals surface area contributed by atoms with Gasteiger partial charge >= 0.3 is 0 Å². The van der Waals surface area contributed by atoms with Crippen molar-refractivity contribution in [1.82, 2.24) is 10.6 Å². The van der Waals surface area contributed by atoms with Gasteiger partial charge < -0.3 is 10.6 Å². The molecular weight excluding hydrogens is 220 g/mol.